The molecule has 0 radical (unpaired) electrons. The van der Waals surface area contributed by atoms with Crippen molar-refractivity contribution in [3.05, 3.63) is 64.7 Å². The van der Waals surface area contributed by atoms with Crippen LogP contribution in [0.2, 0.25) is 0 Å². The number of aryl methyl sites for hydroxylation is 2. The summed E-state index contributed by atoms with van der Waals surface area (Å²) in [5, 5.41) is 0. The predicted molar refractivity (Wildman–Crippen MR) is 112 cm³/mol. The van der Waals surface area contributed by atoms with Crippen LogP contribution in [-0.4, -0.2) is 58.5 Å². The van der Waals surface area contributed by atoms with Gasteiger partial charge in [0.1, 0.15) is 0 Å². The van der Waals surface area contributed by atoms with Crippen molar-refractivity contribution in [1.29, 1.82) is 0 Å². The first-order valence-electron chi connectivity index (χ1n) is 9.70. The molecule has 28 heavy (non-hydrogen) atoms. The summed E-state index contributed by atoms with van der Waals surface area (Å²) in [5.41, 5.74) is 5.83. The molecule has 0 aliphatic rings. The summed E-state index contributed by atoms with van der Waals surface area (Å²) in [6, 6.07) is 10.9. The van der Waals surface area contributed by atoms with E-state index in [0.717, 1.165) is 55.6 Å². The molecular weight excluding hydrogens is 350 g/mol. The van der Waals surface area contributed by atoms with Crippen molar-refractivity contribution in [3.63, 3.8) is 0 Å². The van der Waals surface area contributed by atoms with Crippen LogP contribution in [0.1, 0.15) is 28.2 Å². The topological polar surface area (TPSA) is 45.9 Å². The van der Waals surface area contributed by atoms with E-state index in [9.17, 15) is 0 Å². The fourth-order valence-electron chi connectivity index (χ4n) is 3.43. The molecule has 1 aromatic carbocycles. The normalized spacial score (nSPS) is 11.8. The summed E-state index contributed by atoms with van der Waals surface area (Å²) in [6.07, 6.45) is 2.09. The van der Waals surface area contributed by atoms with E-state index in [1.807, 2.05) is 6.92 Å². The molecule has 0 N–H and O–H groups in total. The van der Waals surface area contributed by atoms with Gasteiger partial charge in [-0.1, -0.05) is 24.3 Å². The van der Waals surface area contributed by atoms with Gasteiger partial charge in [0.05, 0.1) is 12.3 Å². The number of likely N-dealkylation sites (N-methyl/N-ethyl adjacent to an activating group) is 1. The monoisotopic (exact) mass is 381 g/mol. The van der Waals surface area contributed by atoms with Crippen molar-refractivity contribution < 1.29 is 4.74 Å². The zero-order chi connectivity index (χ0) is 20.1. The Morgan fingerprint density at radius 3 is 2.21 bits per heavy atom. The van der Waals surface area contributed by atoms with Crippen LogP contribution in [0.4, 0.5) is 0 Å². The fourth-order valence-corrected chi connectivity index (χ4v) is 3.43. The van der Waals surface area contributed by atoms with Gasteiger partial charge in [0, 0.05) is 50.9 Å². The lowest BCUT2D eigenvalue weighted by atomic mass is 10.1. The third-order valence-electron chi connectivity index (χ3n) is 4.85. The Balaban J connectivity index is 1.57. The zero-order valence-corrected chi connectivity index (χ0v) is 17.6. The molecule has 3 rings (SSSR count). The highest BCUT2D eigenvalue weighted by atomic mass is 16.5. The van der Waals surface area contributed by atoms with Gasteiger partial charge in [-0.2, -0.15) is 0 Å². The van der Waals surface area contributed by atoms with Crippen molar-refractivity contribution in [2.75, 3.05) is 34.4 Å². The van der Waals surface area contributed by atoms with Gasteiger partial charge in [0.15, 0.2) is 0 Å². The van der Waals surface area contributed by atoms with Crippen LogP contribution in [0.15, 0.2) is 36.5 Å². The first-order chi connectivity index (χ1) is 13.4. The maximum Gasteiger partial charge on any atom is 0.234 e. The highest BCUT2D eigenvalue weighted by Crippen LogP contribution is 2.13. The minimum Gasteiger partial charge on any atom is -0.383 e. The van der Waals surface area contributed by atoms with Crippen LogP contribution in [0.5, 0.6) is 0 Å². The summed E-state index contributed by atoms with van der Waals surface area (Å²) in [4.78, 5) is 13.8. The van der Waals surface area contributed by atoms with E-state index in [-0.39, 0.29) is 0 Å². The smallest absolute Gasteiger partial charge is 0.234 e. The van der Waals surface area contributed by atoms with Crippen molar-refractivity contribution in [2.24, 2.45) is 0 Å². The zero-order valence-electron chi connectivity index (χ0n) is 17.6. The molecule has 0 aliphatic heterocycles. The summed E-state index contributed by atoms with van der Waals surface area (Å²) < 4.78 is 7.20. The Bertz CT molecular complexity index is 903. The van der Waals surface area contributed by atoms with E-state index >= 15 is 0 Å². The lowest BCUT2D eigenvalue weighted by Gasteiger charge is -2.17. The maximum atomic E-state index is 5.14. The Morgan fingerprint density at radius 1 is 0.929 bits per heavy atom. The van der Waals surface area contributed by atoms with Crippen molar-refractivity contribution in [1.82, 2.24) is 24.2 Å². The summed E-state index contributed by atoms with van der Waals surface area (Å²) >= 11 is 0. The second kappa shape index (κ2) is 9.28. The third kappa shape index (κ3) is 5.38. The molecule has 0 unspecified atom stereocenters. The number of imidazole rings is 1. The van der Waals surface area contributed by atoms with Crippen LogP contribution in [0.3, 0.4) is 0 Å². The summed E-state index contributed by atoms with van der Waals surface area (Å²) in [7, 11) is 5.99. The van der Waals surface area contributed by atoms with Crippen LogP contribution in [0, 0.1) is 13.8 Å². The lowest BCUT2D eigenvalue weighted by molar-refractivity contribution is 0.158. The Kier molecular flexibility index (Phi) is 6.78. The molecule has 6 nitrogen and oxygen atoms in total. The molecule has 0 bridgehead atoms. The predicted octanol–water partition coefficient (Wildman–Crippen LogP) is 3.06. The molecule has 0 saturated carbocycles. The molecule has 0 aliphatic carbocycles. The van der Waals surface area contributed by atoms with Crippen molar-refractivity contribution in [3.8, 4) is 0 Å². The van der Waals surface area contributed by atoms with Gasteiger partial charge in [0.2, 0.25) is 5.78 Å². The Morgan fingerprint density at radius 2 is 1.57 bits per heavy atom. The standard InChI is InChI=1S/C22H31N5O/c1-17-12-18(2)27-16-21(24-22(27)23-17)15-26(4)14-20-8-6-19(7-9-20)13-25(3)10-11-28-5/h6-9,12,16H,10-11,13-15H2,1-5H3. The van der Waals surface area contributed by atoms with Crippen LogP contribution in [-0.2, 0) is 24.4 Å². The second-order valence-electron chi connectivity index (χ2n) is 7.66. The number of ether oxygens (including phenoxy) is 1. The van der Waals surface area contributed by atoms with Gasteiger partial charge in [-0.05, 0) is 45.1 Å². The minimum atomic E-state index is 0.761. The van der Waals surface area contributed by atoms with Gasteiger partial charge in [-0.15, -0.1) is 0 Å². The second-order valence-corrected chi connectivity index (χ2v) is 7.66. The van der Waals surface area contributed by atoms with Gasteiger partial charge in [-0.3, -0.25) is 14.2 Å². The maximum absolute atomic E-state index is 5.14. The van der Waals surface area contributed by atoms with E-state index in [1.165, 1.54) is 11.1 Å². The number of hydrogen-bond donors (Lipinski definition) is 0. The van der Waals surface area contributed by atoms with Gasteiger partial charge in [0.25, 0.3) is 0 Å². The minimum absolute atomic E-state index is 0.761. The molecule has 0 fully saturated rings. The quantitative estimate of drug-likeness (QED) is 0.570. The SMILES string of the molecule is COCCN(C)Cc1ccc(CN(C)Cc2cn3c(C)cc(C)nc3n2)cc1. The molecule has 0 saturated heterocycles. The van der Waals surface area contributed by atoms with Crippen molar-refractivity contribution >= 4 is 5.78 Å². The number of methoxy groups -OCH3 is 1. The van der Waals surface area contributed by atoms with E-state index in [2.05, 4.69) is 81.7 Å². The van der Waals surface area contributed by atoms with E-state index in [1.54, 1.807) is 7.11 Å². The molecular formula is C22H31N5O. The molecule has 2 aromatic heterocycles. The highest BCUT2D eigenvalue weighted by Gasteiger charge is 2.09. The first-order valence-corrected chi connectivity index (χ1v) is 9.70. The number of nitrogens with zero attached hydrogens (tertiary/aromatic N) is 5. The highest BCUT2D eigenvalue weighted by molar-refractivity contribution is 5.34. The number of aromatic nitrogens is 3. The molecule has 3 aromatic rings. The van der Waals surface area contributed by atoms with Crippen LogP contribution >= 0.6 is 0 Å². The molecule has 2 heterocycles. The summed E-state index contributed by atoms with van der Waals surface area (Å²) in [5.74, 6) is 0.780. The van der Waals surface area contributed by atoms with Gasteiger partial charge >= 0.3 is 0 Å². The molecule has 0 spiro atoms. The lowest BCUT2D eigenvalue weighted by Crippen LogP contribution is -2.22. The van der Waals surface area contributed by atoms with E-state index in [0.29, 0.717) is 0 Å². The van der Waals surface area contributed by atoms with E-state index in [4.69, 9.17) is 4.74 Å². The summed E-state index contributed by atoms with van der Waals surface area (Å²) in [6.45, 7) is 8.41. The third-order valence-corrected chi connectivity index (χ3v) is 4.85. The van der Waals surface area contributed by atoms with Gasteiger partial charge < -0.3 is 4.74 Å². The largest absolute Gasteiger partial charge is 0.383 e. The first kappa shape index (κ1) is 20.5. The van der Waals surface area contributed by atoms with Crippen LogP contribution < -0.4 is 0 Å². The number of fused-ring (bicyclic) bond motifs is 1. The average Bonchev–Trinajstić information content (AvgIpc) is 3.04. The number of hydrogen-bond acceptors (Lipinski definition) is 5. The van der Waals surface area contributed by atoms with E-state index < -0.39 is 0 Å². The molecule has 150 valence electrons. The number of rotatable bonds is 9. The fraction of sp³-hybridized carbons (Fsp3) is 0.455. The molecule has 0 amide bonds. The van der Waals surface area contributed by atoms with Crippen LogP contribution in [0.25, 0.3) is 5.78 Å². The molecule has 6 heteroatoms. The Hall–Kier alpha value is -2.28. The average molecular weight is 382 g/mol. The number of benzene rings is 1. The van der Waals surface area contributed by atoms with Crippen molar-refractivity contribution in [2.45, 2.75) is 33.5 Å². The van der Waals surface area contributed by atoms with Gasteiger partial charge in [-0.25, -0.2) is 9.97 Å². The molecule has 0 atom stereocenters. The Labute approximate surface area is 167 Å².